The summed E-state index contributed by atoms with van der Waals surface area (Å²) in [4.78, 5) is 23.9. The van der Waals surface area contributed by atoms with Gasteiger partial charge in [-0.25, -0.2) is 0 Å². The molecule has 1 amide bonds. The van der Waals surface area contributed by atoms with Crippen LogP contribution in [0.5, 0.6) is 0 Å². The van der Waals surface area contributed by atoms with Gasteiger partial charge >= 0.3 is 6.18 Å². The van der Waals surface area contributed by atoms with Crippen molar-refractivity contribution in [2.75, 3.05) is 5.32 Å². The number of nitrogens with zero attached hydrogens (tertiary/aromatic N) is 1. The Bertz CT molecular complexity index is 656. The summed E-state index contributed by atoms with van der Waals surface area (Å²) in [5.41, 5.74) is -1.82. The molecule has 0 aliphatic heterocycles. The molecule has 1 fully saturated rings. The van der Waals surface area contributed by atoms with Crippen molar-refractivity contribution in [3.63, 3.8) is 0 Å². The first-order valence-corrected chi connectivity index (χ1v) is 7.29. The Morgan fingerprint density at radius 1 is 1.17 bits per heavy atom. The van der Waals surface area contributed by atoms with Gasteiger partial charge in [-0.05, 0) is 31.0 Å². The third kappa shape index (κ3) is 4.09. The van der Waals surface area contributed by atoms with E-state index in [9.17, 15) is 22.8 Å². The van der Waals surface area contributed by atoms with Crippen molar-refractivity contribution in [1.29, 1.82) is 5.26 Å². The van der Waals surface area contributed by atoms with Crippen molar-refractivity contribution in [3.8, 4) is 6.07 Å². The van der Waals surface area contributed by atoms with Gasteiger partial charge in [-0.2, -0.15) is 18.4 Å². The normalized spacial score (nSPS) is 15.7. The number of nitrogens with one attached hydrogen (secondary N) is 1. The van der Waals surface area contributed by atoms with E-state index in [0.717, 1.165) is 25.3 Å². The Labute approximate surface area is 131 Å². The van der Waals surface area contributed by atoms with Gasteiger partial charge in [0.1, 0.15) is 0 Å². The van der Waals surface area contributed by atoms with Crippen molar-refractivity contribution in [2.45, 2.75) is 38.3 Å². The van der Waals surface area contributed by atoms with Gasteiger partial charge in [0.25, 0.3) is 5.91 Å². The van der Waals surface area contributed by atoms with E-state index in [2.05, 4.69) is 5.32 Å². The molecule has 0 radical (unpaired) electrons. The molecule has 1 aliphatic carbocycles. The van der Waals surface area contributed by atoms with Gasteiger partial charge in [-0.3, -0.25) is 9.59 Å². The van der Waals surface area contributed by atoms with Gasteiger partial charge in [-0.15, -0.1) is 0 Å². The maximum absolute atomic E-state index is 12.9. The topological polar surface area (TPSA) is 70.0 Å². The molecule has 0 atom stereocenters. The molecule has 1 aromatic carbocycles. The molecule has 1 aromatic rings. The second kappa shape index (κ2) is 6.82. The van der Waals surface area contributed by atoms with E-state index in [4.69, 9.17) is 5.26 Å². The molecule has 122 valence electrons. The lowest BCUT2D eigenvalue weighted by atomic mass is 9.86. The van der Waals surface area contributed by atoms with Crippen LogP contribution >= 0.6 is 0 Å². The van der Waals surface area contributed by atoms with Crippen molar-refractivity contribution in [1.82, 2.24) is 0 Å². The van der Waals surface area contributed by atoms with Crippen LogP contribution in [0.15, 0.2) is 18.2 Å². The summed E-state index contributed by atoms with van der Waals surface area (Å²) in [5.74, 6) is -1.86. The van der Waals surface area contributed by atoms with Gasteiger partial charge in [0.15, 0.2) is 0 Å². The molecule has 0 bridgehead atoms. The maximum Gasteiger partial charge on any atom is 0.417 e. The number of amides is 1. The molecule has 0 unspecified atom stereocenters. The van der Waals surface area contributed by atoms with E-state index in [-0.39, 0.29) is 11.6 Å². The van der Waals surface area contributed by atoms with Crippen LogP contribution in [0.25, 0.3) is 0 Å². The predicted molar refractivity (Wildman–Crippen MR) is 76.4 cm³/mol. The summed E-state index contributed by atoms with van der Waals surface area (Å²) >= 11 is 0. The SMILES string of the molecule is N#Cc1ccc(NC(=O)C(=O)C2CCCCC2)cc1C(F)(F)F. The smallest absolute Gasteiger partial charge is 0.319 e. The molecule has 0 spiro atoms. The average molecular weight is 324 g/mol. The number of alkyl halides is 3. The summed E-state index contributed by atoms with van der Waals surface area (Å²) < 4.78 is 38.6. The van der Waals surface area contributed by atoms with Gasteiger partial charge in [0.05, 0.1) is 17.2 Å². The predicted octanol–water partition coefficient (Wildman–Crippen LogP) is 3.66. The van der Waals surface area contributed by atoms with Crippen molar-refractivity contribution in [3.05, 3.63) is 29.3 Å². The third-order valence-electron chi connectivity index (χ3n) is 3.90. The standard InChI is InChI=1S/C16H15F3N2O2/c17-16(18,19)13-8-12(7-6-11(13)9-20)21-15(23)14(22)10-4-2-1-3-5-10/h6-8,10H,1-5H2,(H,21,23). The molecular weight excluding hydrogens is 309 g/mol. The molecule has 2 rings (SSSR count). The summed E-state index contributed by atoms with van der Waals surface area (Å²) in [7, 11) is 0. The fourth-order valence-electron chi connectivity index (χ4n) is 2.70. The Hall–Kier alpha value is -2.36. The molecular formula is C16H15F3N2O2. The Morgan fingerprint density at radius 2 is 1.83 bits per heavy atom. The number of benzene rings is 1. The lowest BCUT2D eigenvalue weighted by molar-refractivity contribution is -0.138. The van der Waals surface area contributed by atoms with E-state index in [1.807, 2.05) is 0 Å². The average Bonchev–Trinajstić information content (AvgIpc) is 2.54. The van der Waals surface area contributed by atoms with Crippen LogP contribution in [0.4, 0.5) is 18.9 Å². The van der Waals surface area contributed by atoms with Gasteiger partial charge in [0.2, 0.25) is 5.78 Å². The first kappa shape index (κ1) is 17.0. The van der Waals surface area contributed by atoms with E-state index in [1.54, 1.807) is 0 Å². The number of Topliss-reactive ketones (excluding diaryl/α,β-unsaturated/α-hetero) is 1. The molecule has 4 nitrogen and oxygen atoms in total. The minimum Gasteiger partial charge on any atom is -0.319 e. The highest BCUT2D eigenvalue weighted by atomic mass is 19.4. The molecule has 1 aliphatic rings. The summed E-state index contributed by atoms with van der Waals surface area (Å²) in [6.07, 6.45) is -0.673. The van der Waals surface area contributed by atoms with Crippen LogP contribution in [0.2, 0.25) is 0 Å². The number of nitriles is 1. The second-order valence-electron chi connectivity index (χ2n) is 5.52. The fourth-order valence-corrected chi connectivity index (χ4v) is 2.70. The lowest BCUT2D eigenvalue weighted by Crippen LogP contribution is -2.30. The zero-order valence-corrected chi connectivity index (χ0v) is 12.2. The minimum absolute atomic E-state index is 0.148. The van der Waals surface area contributed by atoms with Crippen LogP contribution < -0.4 is 5.32 Å². The summed E-state index contributed by atoms with van der Waals surface area (Å²) in [5, 5.41) is 10.9. The zero-order chi connectivity index (χ0) is 17.0. The van der Waals surface area contributed by atoms with Crippen LogP contribution in [-0.4, -0.2) is 11.7 Å². The maximum atomic E-state index is 12.9. The lowest BCUT2D eigenvalue weighted by Gasteiger charge is -2.19. The highest BCUT2D eigenvalue weighted by Crippen LogP contribution is 2.33. The number of hydrogen-bond acceptors (Lipinski definition) is 3. The van der Waals surface area contributed by atoms with E-state index in [1.165, 1.54) is 12.1 Å². The number of anilines is 1. The molecule has 23 heavy (non-hydrogen) atoms. The number of ketones is 1. The summed E-state index contributed by atoms with van der Waals surface area (Å²) in [6.45, 7) is 0. The Balaban J connectivity index is 2.15. The molecule has 0 heterocycles. The zero-order valence-electron chi connectivity index (χ0n) is 12.2. The van der Waals surface area contributed by atoms with E-state index in [0.29, 0.717) is 18.9 Å². The highest BCUT2D eigenvalue weighted by Gasteiger charge is 2.34. The third-order valence-corrected chi connectivity index (χ3v) is 3.90. The number of carbonyl (C=O) groups excluding carboxylic acids is 2. The Morgan fingerprint density at radius 3 is 2.39 bits per heavy atom. The van der Waals surface area contributed by atoms with Crippen LogP contribution in [0.3, 0.4) is 0 Å². The van der Waals surface area contributed by atoms with E-state index >= 15 is 0 Å². The van der Waals surface area contributed by atoms with Crippen LogP contribution in [0, 0.1) is 17.2 Å². The van der Waals surface area contributed by atoms with Gasteiger partial charge in [-0.1, -0.05) is 19.3 Å². The first-order chi connectivity index (χ1) is 10.8. The molecule has 0 saturated heterocycles. The van der Waals surface area contributed by atoms with Crippen molar-refractivity contribution >= 4 is 17.4 Å². The summed E-state index contributed by atoms with van der Waals surface area (Å²) in [6, 6.07) is 4.28. The molecule has 1 N–H and O–H groups in total. The molecule has 0 aromatic heterocycles. The molecule has 7 heteroatoms. The van der Waals surface area contributed by atoms with Gasteiger partial charge in [0, 0.05) is 11.6 Å². The van der Waals surface area contributed by atoms with Crippen LogP contribution in [0.1, 0.15) is 43.2 Å². The fraction of sp³-hybridized carbons (Fsp3) is 0.438. The van der Waals surface area contributed by atoms with Crippen LogP contribution in [-0.2, 0) is 15.8 Å². The molecule has 1 saturated carbocycles. The number of rotatable bonds is 3. The van der Waals surface area contributed by atoms with Crippen molar-refractivity contribution in [2.24, 2.45) is 5.92 Å². The number of halogens is 3. The minimum atomic E-state index is -4.71. The Kier molecular flexibility index (Phi) is 5.04. The van der Waals surface area contributed by atoms with Crippen molar-refractivity contribution < 1.29 is 22.8 Å². The monoisotopic (exact) mass is 324 g/mol. The van der Waals surface area contributed by atoms with Gasteiger partial charge < -0.3 is 5.32 Å². The number of carbonyl (C=O) groups is 2. The van der Waals surface area contributed by atoms with E-state index < -0.39 is 29.0 Å². The number of hydrogen-bond donors (Lipinski definition) is 1. The first-order valence-electron chi connectivity index (χ1n) is 7.29. The highest BCUT2D eigenvalue weighted by molar-refractivity contribution is 6.41. The quantitative estimate of drug-likeness (QED) is 0.863. The second-order valence-corrected chi connectivity index (χ2v) is 5.52. The largest absolute Gasteiger partial charge is 0.417 e.